The molecular formula is C24H26N4O4S. The van der Waals surface area contributed by atoms with Crippen molar-refractivity contribution in [1.82, 2.24) is 9.97 Å². The summed E-state index contributed by atoms with van der Waals surface area (Å²) in [4.78, 5) is 37.5. The van der Waals surface area contributed by atoms with E-state index in [1.54, 1.807) is 16.3 Å². The Morgan fingerprint density at radius 1 is 1.18 bits per heavy atom. The van der Waals surface area contributed by atoms with Crippen LogP contribution in [0.15, 0.2) is 41.9 Å². The number of esters is 1. The van der Waals surface area contributed by atoms with Crippen LogP contribution in [0.3, 0.4) is 0 Å². The second-order valence-corrected chi connectivity index (χ2v) is 8.61. The first kappa shape index (κ1) is 22.9. The fourth-order valence-electron chi connectivity index (χ4n) is 3.56. The summed E-state index contributed by atoms with van der Waals surface area (Å²) < 4.78 is 10.8. The normalized spacial score (nSPS) is 13.6. The van der Waals surface area contributed by atoms with Crippen molar-refractivity contribution in [3.05, 3.63) is 64.3 Å². The van der Waals surface area contributed by atoms with Gasteiger partial charge in [0.05, 0.1) is 30.2 Å². The Hall–Kier alpha value is -3.30. The summed E-state index contributed by atoms with van der Waals surface area (Å²) in [5.74, 6) is 0.214. The highest BCUT2D eigenvalue weighted by atomic mass is 32.1. The molecule has 9 heteroatoms. The predicted molar refractivity (Wildman–Crippen MR) is 127 cm³/mol. The van der Waals surface area contributed by atoms with Crippen molar-refractivity contribution < 1.29 is 19.1 Å². The van der Waals surface area contributed by atoms with Gasteiger partial charge in [-0.15, -0.1) is 11.3 Å². The van der Waals surface area contributed by atoms with Crippen LogP contribution in [0.4, 0.5) is 16.6 Å². The predicted octanol–water partition coefficient (Wildman–Crippen LogP) is 4.03. The van der Waals surface area contributed by atoms with E-state index in [9.17, 15) is 9.59 Å². The molecule has 3 heterocycles. The number of carbonyl (C=O) groups excluding carboxylic acids is 2. The van der Waals surface area contributed by atoms with Crippen LogP contribution in [-0.2, 0) is 20.9 Å². The summed E-state index contributed by atoms with van der Waals surface area (Å²) in [6.07, 6.45) is 1.53. The first-order chi connectivity index (χ1) is 15.9. The fraction of sp³-hybridized carbons (Fsp3) is 0.333. The van der Waals surface area contributed by atoms with Crippen LogP contribution in [0.5, 0.6) is 0 Å². The van der Waals surface area contributed by atoms with Crippen LogP contribution in [0.1, 0.15) is 34.1 Å². The van der Waals surface area contributed by atoms with Gasteiger partial charge in [-0.2, -0.15) is 0 Å². The number of hydrogen-bond acceptors (Lipinski definition) is 8. The molecule has 0 atom stereocenters. The highest BCUT2D eigenvalue weighted by molar-refractivity contribution is 7.14. The summed E-state index contributed by atoms with van der Waals surface area (Å²) in [7, 11) is 0. The number of rotatable bonds is 6. The third kappa shape index (κ3) is 5.20. The molecule has 0 bridgehead atoms. The van der Waals surface area contributed by atoms with E-state index in [1.165, 1.54) is 24.5 Å². The molecule has 33 heavy (non-hydrogen) atoms. The number of hydrogen-bond donors (Lipinski definition) is 0. The van der Waals surface area contributed by atoms with E-state index in [0.717, 1.165) is 35.7 Å². The molecule has 172 valence electrons. The van der Waals surface area contributed by atoms with Crippen LogP contribution in [0.2, 0.25) is 0 Å². The molecule has 1 saturated heterocycles. The quantitative estimate of drug-likeness (QED) is 0.507. The molecule has 0 saturated carbocycles. The average Bonchev–Trinajstić information content (AvgIpc) is 3.29. The molecule has 1 aromatic carbocycles. The van der Waals surface area contributed by atoms with Gasteiger partial charge >= 0.3 is 5.97 Å². The maximum Gasteiger partial charge on any atom is 0.340 e. The van der Waals surface area contributed by atoms with E-state index in [2.05, 4.69) is 14.9 Å². The number of pyridine rings is 1. The van der Waals surface area contributed by atoms with Gasteiger partial charge in [0.15, 0.2) is 5.13 Å². The summed E-state index contributed by atoms with van der Waals surface area (Å²) in [5, 5.41) is 2.34. The monoisotopic (exact) mass is 466 g/mol. The van der Waals surface area contributed by atoms with Gasteiger partial charge in [0.2, 0.25) is 5.91 Å². The van der Waals surface area contributed by atoms with Crippen molar-refractivity contribution in [2.45, 2.75) is 27.4 Å². The Kier molecular flexibility index (Phi) is 7.00. The number of thiazole rings is 1. The number of aromatic nitrogens is 2. The zero-order valence-corrected chi connectivity index (χ0v) is 19.7. The van der Waals surface area contributed by atoms with Crippen LogP contribution in [0.25, 0.3) is 0 Å². The highest BCUT2D eigenvalue weighted by Crippen LogP contribution is 2.32. The Bertz CT molecular complexity index is 1140. The summed E-state index contributed by atoms with van der Waals surface area (Å²) in [5.41, 5.74) is 3.87. The Balaban J connectivity index is 1.41. The molecular weight excluding hydrogens is 440 g/mol. The Morgan fingerprint density at radius 3 is 2.67 bits per heavy atom. The van der Waals surface area contributed by atoms with Gasteiger partial charge in [0, 0.05) is 31.6 Å². The lowest BCUT2D eigenvalue weighted by Crippen LogP contribution is -2.36. The first-order valence-electron chi connectivity index (χ1n) is 10.7. The molecule has 0 N–H and O–H groups in total. The molecule has 3 aromatic rings. The van der Waals surface area contributed by atoms with Crippen molar-refractivity contribution in [2.24, 2.45) is 0 Å². The SMILES string of the molecule is CC(=O)N(c1nc(COC(=O)c2ccc(N3CCOCC3)nc2)cs1)c1cccc(C)c1C. The number of amides is 1. The zero-order chi connectivity index (χ0) is 23.4. The molecule has 8 nitrogen and oxygen atoms in total. The van der Waals surface area contributed by atoms with Crippen LogP contribution in [0, 0.1) is 13.8 Å². The van der Waals surface area contributed by atoms with E-state index in [4.69, 9.17) is 9.47 Å². The lowest BCUT2D eigenvalue weighted by atomic mass is 10.1. The number of benzene rings is 1. The van der Waals surface area contributed by atoms with Gasteiger partial charge in [-0.25, -0.2) is 14.8 Å². The largest absolute Gasteiger partial charge is 0.456 e. The van der Waals surface area contributed by atoms with Gasteiger partial charge in [-0.1, -0.05) is 12.1 Å². The van der Waals surface area contributed by atoms with Crippen molar-refractivity contribution in [1.29, 1.82) is 0 Å². The fourth-order valence-corrected chi connectivity index (χ4v) is 4.42. The Labute approximate surface area is 196 Å². The molecule has 1 amide bonds. The van der Waals surface area contributed by atoms with Gasteiger partial charge in [-0.3, -0.25) is 9.69 Å². The van der Waals surface area contributed by atoms with Crippen molar-refractivity contribution in [2.75, 3.05) is 36.1 Å². The smallest absolute Gasteiger partial charge is 0.340 e. The molecule has 1 aliphatic rings. The number of morpholine rings is 1. The van der Waals surface area contributed by atoms with E-state index in [0.29, 0.717) is 29.6 Å². The second-order valence-electron chi connectivity index (χ2n) is 7.78. The lowest BCUT2D eigenvalue weighted by molar-refractivity contribution is -0.115. The second kappa shape index (κ2) is 10.1. The molecule has 0 aliphatic carbocycles. The van der Waals surface area contributed by atoms with E-state index in [1.807, 2.05) is 38.1 Å². The van der Waals surface area contributed by atoms with Crippen LogP contribution < -0.4 is 9.80 Å². The number of carbonyl (C=O) groups is 2. The summed E-state index contributed by atoms with van der Waals surface area (Å²) in [6, 6.07) is 9.36. The molecule has 4 rings (SSSR count). The number of aryl methyl sites for hydroxylation is 1. The maximum absolute atomic E-state index is 12.5. The Morgan fingerprint density at radius 2 is 1.97 bits per heavy atom. The minimum absolute atomic E-state index is 0.0130. The van der Waals surface area contributed by atoms with Gasteiger partial charge in [0.25, 0.3) is 0 Å². The topological polar surface area (TPSA) is 84.9 Å². The molecule has 0 unspecified atom stereocenters. The van der Waals surface area contributed by atoms with Crippen molar-refractivity contribution in [3.8, 4) is 0 Å². The number of anilines is 3. The minimum Gasteiger partial charge on any atom is -0.456 e. The van der Waals surface area contributed by atoms with Crippen molar-refractivity contribution in [3.63, 3.8) is 0 Å². The van der Waals surface area contributed by atoms with Crippen molar-refractivity contribution >= 4 is 39.9 Å². The lowest BCUT2D eigenvalue weighted by Gasteiger charge is -2.27. The zero-order valence-electron chi connectivity index (χ0n) is 18.9. The number of ether oxygens (including phenoxy) is 2. The minimum atomic E-state index is -0.469. The summed E-state index contributed by atoms with van der Waals surface area (Å²) >= 11 is 1.34. The average molecular weight is 467 g/mol. The van der Waals surface area contributed by atoms with Gasteiger partial charge in [0.1, 0.15) is 12.4 Å². The first-order valence-corrected chi connectivity index (χ1v) is 11.6. The number of nitrogens with zero attached hydrogens (tertiary/aromatic N) is 4. The van der Waals surface area contributed by atoms with E-state index < -0.39 is 5.97 Å². The molecule has 1 aliphatic heterocycles. The standard InChI is InChI=1S/C24H26N4O4S/c1-16-5-4-6-21(17(16)2)28(18(3)29)24-26-20(15-33-24)14-32-23(30)19-7-8-22(25-13-19)27-9-11-31-12-10-27/h4-8,13,15H,9-12,14H2,1-3H3. The molecule has 0 radical (unpaired) electrons. The van der Waals surface area contributed by atoms with Crippen LogP contribution >= 0.6 is 11.3 Å². The molecule has 2 aromatic heterocycles. The van der Waals surface area contributed by atoms with Crippen LogP contribution in [-0.4, -0.2) is 48.1 Å². The van der Waals surface area contributed by atoms with E-state index >= 15 is 0 Å². The van der Waals surface area contributed by atoms with Gasteiger partial charge in [-0.05, 0) is 43.2 Å². The van der Waals surface area contributed by atoms with Gasteiger partial charge < -0.3 is 14.4 Å². The van der Waals surface area contributed by atoms with E-state index in [-0.39, 0.29) is 12.5 Å². The third-order valence-electron chi connectivity index (χ3n) is 5.53. The maximum atomic E-state index is 12.5. The highest BCUT2D eigenvalue weighted by Gasteiger charge is 2.21. The summed E-state index contributed by atoms with van der Waals surface area (Å²) in [6.45, 7) is 8.42. The third-order valence-corrected chi connectivity index (χ3v) is 6.41. The molecule has 1 fully saturated rings. The molecule has 0 spiro atoms.